The molecule has 0 saturated carbocycles. The van der Waals surface area contributed by atoms with E-state index in [9.17, 15) is 0 Å². The van der Waals surface area contributed by atoms with Crippen LogP contribution in [0.15, 0.2) is 18.2 Å². The number of benzene rings is 1. The lowest BCUT2D eigenvalue weighted by Gasteiger charge is -2.19. The molecule has 3 nitrogen and oxygen atoms in total. The topological polar surface area (TPSA) is 27.1 Å². The molecule has 0 aliphatic heterocycles. The molecule has 2 rings (SSSR count). The third-order valence-corrected chi connectivity index (χ3v) is 3.94. The number of fused-ring (bicyclic) bond motifs is 1. The van der Waals surface area contributed by atoms with Crippen LogP contribution in [0.4, 0.5) is 0 Å². The zero-order valence-corrected chi connectivity index (χ0v) is 13.3. The third kappa shape index (κ3) is 2.78. The summed E-state index contributed by atoms with van der Waals surface area (Å²) >= 11 is 5.95. The van der Waals surface area contributed by atoms with Crippen molar-refractivity contribution >= 4 is 22.6 Å². The average Bonchev–Trinajstić information content (AvgIpc) is 2.83. The maximum atomic E-state index is 5.95. The minimum absolute atomic E-state index is 0.482. The molecule has 0 bridgehead atoms. The lowest BCUT2D eigenvalue weighted by atomic mass is 10.1. The smallest absolute Gasteiger partial charge is 0.146 e. The second kappa shape index (κ2) is 6.98. The van der Waals surface area contributed by atoms with Gasteiger partial charge < -0.3 is 9.30 Å². The van der Waals surface area contributed by atoms with Crippen molar-refractivity contribution in [3.8, 4) is 5.75 Å². The van der Waals surface area contributed by atoms with E-state index in [0.29, 0.717) is 11.9 Å². The number of alkyl halides is 1. The molecule has 1 heterocycles. The zero-order chi connectivity index (χ0) is 14.5. The summed E-state index contributed by atoms with van der Waals surface area (Å²) in [6.45, 7) is 4.46. The molecule has 110 valence electrons. The number of nitrogens with zero attached hydrogens (tertiary/aromatic N) is 2. The summed E-state index contributed by atoms with van der Waals surface area (Å²) in [5.41, 5.74) is 2.11. The molecule has 2 aromatic rings. The van der Waals surface area contributed by atoms with Crippen LogP contribution in [-0.2, 0) is 6.42 Å². The number of halogens is 1. The van der Waals surface area contributed by atoms with E-state index in [2.05, 4.69) is 24.5 Å². The molecule has 1 atom stereocenters. The maximum absolute atomic E-state index is 5.95. The zero-order valence-electron chi connectivity index (χ0n) is 12.5. The van der Waals surface area contributed by atoms with E-state index < -0.39 is 0 Å². The van der Waals surface area contributed by atoms with Gasteiger partial charge in [0, 0.05) is 18.3 Å². The van der Waals surface area contributed by atoms with Gasteiger partial charge in [0.1, 0.15) is 17.1 Å². The van der Waals surface area contributed by atoms with Crippen molar-refractivity contribution in [3.63, 3.8) is 0 Å². The SMILES string of the molecule is CCCC(CC)n1c(CCCl)nc2c(OC)cccc21. The summed E-state index contributed by atoms with van der Waals surface area (Å²) in [4.78, 5) is 4.78. The van der Waals surface area contributed by atoms with E-state index in [4.69, 9.17) is 21.3 Å². The van der Waals surface area contributed by atoms with Crippen molar-refractivity contribution in [1.82, 2.24) is 9.55 Å². The Morgan fingerprint density at radius 1 is 1.35 bits per heavy atom. The molecule has 0 radical (unpaired) electrons. The summed E-state index contributed by atoms with van der Waals surface area (Å²) in [6.07, 6.45) is 4.22. The number of hydrogen-bond donors (Lipinski definition) is 0. The summed E-state index contributed by atoms with van der Waals surface area (Å²) < 4.78 is 7.80. The second-order valence-electron chi connectivity index (χ2n) is 5.02. The van der Waals surface area contributed by atoms with Crippen LogP contribution in [0, 0.1) is 0 Å². The monoisotopic (exact) mass is 294 g/mol. The van der Waals surface area contributed by atoms with Gasteiger partial charge in [0.05, 0.1) is 12.6 Å². The van der Waals surface area contributed by atoms with Crippen molar-refractivity contribution in [2.24, 2.45) is 0 Å². The molecule has 1 aromatic heterocycles. The molecular weight excluding hydrogens is 272 g/mol. The number of para-hydroxylation sites is 1. The van der Waals surface area contributed by atoms with Crippen LogP contribution < -0.4 is 4.74 Å². The van der Waals surface area contributed by atoms with E-state index in [1.165, 1.54) is 6.42 Å². The van der Waals surface area contributed by atoms with Crippen LogP contribution in [0.1, 0.15) is 45.0 Å². The molecular formula is C16H23ClN2O. The Morgan fingerprint density at radius 2 is 2.15 bits per heavy atom. The van der Waals surface area contributed by atoms with E-state index in [1.807, 2.05) is 12.1 Å². The predicted octanol–water partition coefficient (Wildman–Crippen LogP) is 4.58. The molecule has 4 heteroatoms. The van der Waals surface area contributed by atoms with Crippen molar-refractivity contribution in [2.75, 3.05) is 13.0 Å². The Morgan fingerprint density at radius 3 is 2.75 bits per heavy atom. The highest BCUT2D eigenvalue weighted by molar-refractivity contribution is 6.17. The summed E-state index contributed by atoms with van der Waals surface area (Å²) in [7, 11) is 1.69. The Hall–Kier alpha value is -1.22. The molecule has 0 N–H and O–H groups in total. The molecule has 0 saturated heterocycles. The average molecular weight is 295 g/mol. The molecule has 0 aliphatic carbocycles. The molecule has 1 aromatic carbocycles. The van der Waals surface area contributed by atoms with Crippen molar-refractivity contribution in [1.29, 1.82) is 0 Å². The molecule has 0 spiro atoms. The summed E-state index contributed by atoms with van der Waals surface area (Å²) in [5.74, 6) is 2.50. The number of hydrogen-bond acceptors (Lipinski definition) is 2. The first-order valence-corrected chi connectivity index (χ1v) is 7.90. The standard InChI is InChI=1S/C16H23ClN2O/c1-4-7-12(5-2)19-13-8-6-9-14(20-3)16(13)18-15(19)10-11-17/h6,8-9,12H,4-5,7,10-11H2,1-3H3. The third-order valence-electron chi connectivity index (χ3n) is 3.75. The van der Waals surface area contributed by atoms with Gasteiger partial charge in [0.15, 0.2) is 0 Å². The van der Waals surface area contributed by atoms with E-state index in [0.717, 1.165) is 41.9 Å². The first kappa shape index (κ1) is 15.2. The summed E-state index contributed by atoms with van der Waals surface area (Å²) in [6, 6.07) is 6.60. The van der Waals surface area contributed by atoms with E-state index in [-0.39, 0.29) is 0 Å². The number of imidazole rings is 1. The highest BCUT2D eigenvalue weighted by atomic mass is 35.5. The molecule has 0 amide bonds. The minimum Gasteiger partial charge on any atom is -0.494 e. The lowest BCUT2D eigenvalue weighted by Crippen LogP contribution is -2.12. The first-order valence-electron chi connectivity index (χ1n) is 7.36. The number of rotatable bonds is 7. The van der Waals surface area contributed by atoms with Crippen LogP contribution >= 0.6 is 11.6 Å². The van der Waals surface area contributed by atoms with E-state index >= 15 is 0 Å². The van der Waals surface area contributed by atoms with Gasteiger partial charge in [-0.1, -0.05) is 26.3 Å². The fourth-order valence-electron chi connectivity index (χ4n) is 2.82. The van der Waals surface area contributed by atoms with Gasteiger partial charge in [-0.25, -0.2) is 4.98 Å². The predicted molar refractivity (Wildman–Crippen MR) is 84.9 cm³/mol. The van der Waals surface area contributed by atoms with Gasteiger partial charge in [-0.15, -0.1) is 11.6 Å². The Labute approximate surface area is 125 Å². The van der Waals surface area contributed by atoms with Gasteiger partial charge >= 0.3 is 0 Å². The minimum atomic E-state index is 0.482. The molecule has 20 heavy (non-hydrogen) atoms. The Bertz CT molecular complexity index is 565. The van der Waals surface area contributed by atoms with Crippen molar-refractivity contribution in [3.05, 3.63) is 24.0 Å². The van der Waals surface area contributed by atoms with Crippen LogP contribution in [0.5, 0.6) is 5.75 Å². The van der Waals surface area contributed by atoms with Crippen molar-refractivity contribution < 1.29 is 4.74 Å². The van der Waals surface area contributed by atoms with Gasteiger partial charge in [0.2, 0.25) is 0 Å². The Kier molecular flexibility index (Phi) is 5.30. The number of aromatic nitrogens is 2. The summed E-state index contributed by atoms with van der Waals surface area (Å²) in [5, 5.41) is 0. The molecule has 0 aliphatic rings. The van der Waals surface area contributed by atoms with Crippen LogP contribution in [-0.4, -0.2) is 22.5 Å². The largest absolute Gasteiger partial charge is 0.494 e. The normalized spacial score (nSPS) is 12.8. The second-order valence-corrected chi connectivity index (χ2v) is 5.39. The van der Waals surface area contributed by atoms with E-state index in [1.54, 1.807) is 7.11 Å². The lowest BCUT2D eigenvalue weighted by molar-refractivity contribution is 0.419. The quantitative estimate of drug-likeness (QED) is 0.699. The fraction of sp³-hybridized carbons (Fsp3) is 0.562. The van der Waals surface area contributed by atoms with Gasteiger partial charge in [-0.3, -0.25) is 0 Å². The van der Waals surface area contributed by atoms with Crippen LogP contribution in [0.3, 0.4) is 0 Å². The van der Waals surface area contributed by atoms with Crippen LogP contribution in [0.25, 0.3) is 11.0 Å². The number of aryl methyl sites for hydroxylation is 1. The number of methoxy groups -OCH3 is 1. The molecule has 1 unspecified atom stereocenters. The highest BCUT2D eigenvalue weighted by Gasteiger charge is 2.18. The highest BCUT2D eigenvalue weighted by Crippen LogP contribution is 2.31. The van der Waals surface area contributed by atoms with Crippen molar-refractivity contribution in [2.45, 2.75) is 45.6 Å². The number of ether oxygens (including phenoxy) is 1. The Balaban J connectivity index is 2.61. The van der Waals surface area contributed by atoms with Gasteiger partial charge in [-0.2, -0.15) is 0 Å². The first-order chi connectivity index (χ1) is 9.76. The van der Waals surface area contributed by atoms with Gasteiger partial charge in [0.25, 0.3) is 0 Å². The van der Waals surface area contributed by atoms with Crippen LogP contribution in [0.2, 0.25) is 0 Å². The van der Waals surface area contributed by atoms with Gasteiger partial charge in [-0.05, 0) is 25.0 Å². The fourth-order valence-corrected chi connectivity index (χ4v) is 2.99. The maximum Gasteiger partial charge on any atom is 0.146 e. The molecule has 0 fully saturated rings.